The Hall–Kier alpha value is -0.0500. The normalized spacial score (nSPS) is 12.4. The maximum absolute atomic E-state index is 11.1. The minimum absolute atomic E-state index is 0.237. The molecule has 0 bridgehead atoms. The fourth-order valence-corrected chi connectivity index (χ4v) is 1.62. The topological polar surface area (TPSA) is 34.1 Å². The first-order valence-corrected chi connectivity index (χ1v) is 5.23. The van der Waals surface area contributed by atoms with Gasteiger partial charge in [-0.25, -0.2) is 8.42 Å². The molecule has 61 valence electrons. The van der Waals surface area contributed by atoms with Crippen molar-refractivity contribution in [2.24, 2.45) is 0 Å². The third kappa shape index (κ3) is 3.20. The zero-order valence-electron chi connectivity index (χ0n) is 6.63. The van der Waals surface area contributed by atoms with Crippen LogP contribution in [0.5, 0.6) is 0 Å². The summed E-state index contributed by atoms with van der Waals surface area (Å²) in [7, 11) is -2.80. The SMILES string of the molecule is [CH2]CCCS(=O)(=O)C(C)C. The first-order chi connectivity index (χ1) is 4.50. The molecule has 0 spiro atoms. The van der Waals surface area contributed by atoms with E-state index in [1.165, 1.54) is 0 Å². The minimum atomic E-state index is -2.80. The summed E-state index contributed by atoms with van der Waals surface area (Å²) in [6, 6.07) is 0. The zero-order chi connectivity index (χ0) is 8.20. The van der Waals surface area contributed by atoms with Crippen molar-refractivity contribution in [1.82, 2.24) is 0 Å². The van der Waals surface area contributed by atoms with Crippen LogP contribution >= 0.6 is 0 Å². The van der Waals surface area contributed by atoms with Gasteiger partial charge in [0.2, 0.25) is 0 Å². The average molecular weight is 163 g/mol. The van der Waals surface area contributed by atoms with Gasteiger partial charge in [0.05, 0.1) is 11.0 Å². The highest BCUT2D eigenvalue weighted by Gasteiger charge is 2.13. The molecular weight excluding hydrogens is 148 g/mol. The van der Waals surface area contributed by atoms with Crippen LogP contribution < -0.4 is 0 Å². The van der Waals surface area contributed by atoms with Crippen molar-refractivity contribution < 1.29 is 8.42 Å². The van der Waals surface area contributed by atoms with E-state index in [1.807, 2.05) is 0 Å². The largest absolute Gasteiger partial charge is 0.229 e. The van der Waals surface area contributed by atoms with Crippen LogP contribution in [0.1, 0.15) is 26.7 Å². The molecule has 0 aliphatic heterocycles. The van der Waals surface area contributed by atoms with Gasteiger partial charge in [-0.15, -0.1) is 0 Å². The Balaban J connectivity index is 3.90. The van der Waals surface area contributed by atoms with Gasteiger partial charge < -0.3 is 0 Å². The summed E-state index contributed by atoms with van der Waals surface area (Å²) in [6.45, 7) is 7.00. The predicted molar refractivity (Wildman–Crippen MR) is 43.5 cm³/mol. The second-order valence-corrected chi connectivity index (χ2v) is 5.30. The monoisotopic (exact) mass is 163 g/mol. The summed E-state index contributed by atoms with van der Waals surface area (Å²) in [5.74, 6) is 0.286. The van der Waals surface area contributed by atoms with Gasteiger partial charge in [-0.05, 0) is 20.3 Å². The highest BCUT2D eigenvalue weighted by molar-refractivity contribution is 7.91. The summed E-state index contributed by atoms with van der Waals surface area (Å²) >= 11 is 0. The Kier molecular flexibility index (Phi) is 3.94. The third-order valence-corrected chi connectivity index (χ3v) is 3.69. The van der Waals surface area contributed by atoms with Crippen molar-refractivity contribution in [1.29, 1.82) is 0 Å². The number of unbranched alkanes of at least 4 members (excludes halogenated alkanes) is 1. The van der Waals surface area contributed by atoms with E-state index in [9.17, 15) is 8.42 Å². The molecule has 0 heterocycles. The molecule has 0 fully saturated rings. The molecule has 0 saturated carbocycles. The molecule has 3 heteroatoms. The lowest BCUT2D eigenvalue weighted by Crippen LogP contribution is -2.17. The van der Waals surface area contributed by atoms with E-state index in [0.717, 1.165) is 0 Å². The van der Waals surface area contributed by atoms with E-state index in [4.69, 9.17) is 0 Å². The lowest BCUT2D eigenvalue weighted by molar-refractivity contribution is 0.585. The molecule has 0 rings (SSSR count). The molecule has 0 atom stereocenters. The minimum Gasteiger partial charge on any atom is -0.229 e. The summed E-state index contributed by atoms with van der Waals surface area (Å²) in [5, 5.41) is -0.237. The summed E-state index contributed by atoms with van der Waals surface area (Å²) in [5.41, 5.74) is 0. The van der Waals surface area contributed by atoms with Gasteiger partial charge in [-0.1, -0.05) is 13.3 Å². The highest BCUT2D eigenvalue weighted by atomic mass is 32.2. The van der Waals surface area contributed by atoms with Crippen LogP contribution in [0, 0.1) is 6.92 Å². The first kappa shape index (κ1) is 9.95. The molecule has 1 radical (unpaired) electrons. The molecule has 0 saturated heterocycles. The van der Waals surface area contributed by atoms with E-state index in [0.29, 0.717) is 12.8 Å². The molecule has 0 aromatic heterocycles. The zero-order valence-corrected chi connectivity index (χ0v) is 7.45. The predicted octanol–water partition coefficient (Wildman–Crippen LogP) is 1.42. The maximum Gasteiger partial charge on any atom is 0.152 e. The highest BCUT2D eigenvalue weighted by Crippen LogP contribution is 2.03. The van der Waals surface area contributed by atoms with Crippen LogP contribution in [0.15, 0.2) is 0 Å². The molecule has 2 nitrogen and oxygen atoms in total. The lowest BCUT2D eigenvalue weighted by atomic mass is 10.4. The molecule has 10 heavy (non-hydrogen) atoms. The molecule has 0 aliphatic carbocycles. The van der Waals surface area contributed by atoms with Crippen molar-refractivity contribution in [3.05, 3.63) is 6.92 Å². The molecular formula is C7H15O2S. The van der Waals surface area contributed by atoms with E-state index in [-0.39, 0.29) is 11.0 Å². The van der Waals surface area contributed by atoms with E-state index in [2.05, 4.69) is 6.92 Å². The second kappa shape index (κ2) is 3.96. The van der Waals surface area contributed by atoms with E-state index in [1.54, 1.807) is 13.8 Å². The van der Waals surface area contributed by atoms with Crippen molar-refractivity contribution in [3.63, 3.8) is 0 Å². The van der Waals surface area contributed by atoms with Crippen LogP contribution in [0.3, 0.4) is 0 Å². The van der Waals surface area contributed by atoms with Gasteiger partial charge in [0.25, 0.3) is 0 Å². The molecule has 0 amide bonds. The van der Waals surface area contributed by atoms with Crippen LogP contribution in [-0.4, -0.2) is 19.4 Å². The Bertz CT molecular complexity index is 168. The fourth-order valence-electron chi connectivity index (χ4n) is 0.539. The number of rotatable bonds is 4. The quantitative estimate of drug-likeness (QED) is 0.628. The molecule has 0 aliphatic rings. The maximum atomic E-state index is 11.1. The van der Waals surface area contributed by atoms with Gasteiger partial charge in [-0.2, -0.15) is 0 Å². The van der Waals surface area contributed by atoms with E-state index >= 15 is 0 Å². The van der Waals surface area contributed by atoms with Gasteiger partial charge in [0, 0.05) is 0 Å². The third-order valence-electron chi connectivity index (χ3n) is 1.40. The number of hydrogen-bond acceptors (Lipinski definition) is 2. The molecule has 0 N–H and O–H groups in total. The van der Waals surface area contributed by atoms with Crippen LogP contribution in [0.25, 0.3) is 0 Å². The second-order valence-electron chi connectivity index (χ2n) is 2.62. The van der Waals surface area contributed by atoms with E-state index < -0.39 is 9.84 Å². The van der Waals surface area contributed by atoms with Crippen LogP contribution in [0.2, 0.25) is 0 Å². The van der Waals surface area contributed by atoms with Crippen molar-refractivity contribution in [3.8, 4) is 0 Å². The van der Waals surface area contributed by atoms with Crippen molar-refractivity contribution in [2.45, 2.75) is 31.9 Å². The summed E-state index contributed by atoms with van der Waals surface area (Å²) in [6.07, 6.45) is 1.38. The van der Waals surface area contributed by atoms with Crippen molar-refractivity contribution in [2.75, 3.05) is 5.75 Å². The Morgan fingerprint density at radius 2 is 1.90 bits per heavy atom. The number of sulfone groups is 1. The van der Waals surface area contributed by atoms with Crippen molar-refractivity contribution >= 4 is 9.84 Å². The molecule has 0 aromatic rings. The van der Waals surface area contributed by atoms with Gasteiger partial charge >= 0.3 is 0 Å². The van der Waals surface area contributed by atoms with Gasteiger partial charge in [-0.3, -0.25) is 0 Å². The van der Waals surface area contributed by atoms with Gasteiger partial charge in [0.1, 0.15) is 0 Å². The summed E-state index contributed by atoms with van der Waals surface area (Å²) in [4.78, 5) is 0. The Morgan fingerprint density at radius 3 is 2.20 bits per heavy atom. The molecule has 0 aromatic carbocycles. The fraction of sp³-hybridized carbons (Fsp3) is 0.857. The Labute approximate surface area is 63.6 Å². The first-order valence-electron chi connectivity index (χ1n) is 3.51. The lowest BCUT2D eigenvalue weighted by Gasteiger charge is -2.05. The number of hydrogen-bond donors (Lipinski definition) is 0. The Morgan fingerprint density at radius 1 is 1.40 bits per heavy atom. The van der Waals surface area contributed by atoms with Crippen LogP contribution in [-0.2, 0) is 9.84 Å². The average Bonchev–Trinajstić information content (AvgIpc) is 1.84. The molecule has 0 unspecified atom stereocenters. The smallest absolute Gasteiger partial charge is 0.152 e. The van der Waals surface area contributed by atoms with Crippen LogP contribution in [0.4, 0.5) is 0 Å². The van der Waals surface area contributed by atoms with Gasteiger partial charge in [0.15, 0.2) is 9.84 Å². The summed E-state index contributed by atoms with van der Waals surface area (Å²) < 4.78 is 22.1. The standard InChI is InChI=1S/C7H15O2S/c1-4-5-6-10(8,9)7(2)3/h7H,1,4-6H2,2-3H3.